The van der Waals surface area contributed by atoms with Gasteiger partial charge in [-0.25, -0.2) is 0 Å². The second-order valence-corrected chi connectivity index (χ2v) is 13.7. The number of alkyl halides is 1. The minimum Gasteiger partial charge on any atom is -0.380 e. The standard InChI is InChI=1S/C26H42ClN7O3S/c1-13-4-19(30-8-15(13)7-28)25(36)34-11-20-22(12-34)38-26(32-20)33-24(35)18-9-29-14(2)5-16(18)17-6-23(27)31-10-21(17)37-3/h13-23,26,29-32H,4-6,8-12H2,1-3H3,(H,33,35). The number of hydrogen-bond acceptors (Lipinski definition) is 9. The van der Waals surface area contributed by atoms with E-state index in [1.807, 2.05) is 4.90 Å². The lowest BCUT2D eigenvalue weighted by molar-refractivity contribution is -0.134. The number of ether oxygens (including phenoxy) is 1. The maximum Gasteiger partial charge on any atom is 0.239 e. The van der Waals surface area contributed by atoms with Crippen LogP contribution in [0.3, 0.4) is 0 Å². The molecule has 12 heteroatoms. The number of rotatable bonds is 5. The molecule has 0 aromatic heterocycles. The second-order valence-electron chi connectivity index (χ2n) is 11.9. The van der Waals surface area contributed by atoms with Crippen molar-refractivity contribution in [3.05, 3.63) is 0 Å². The van der Waals surface area contributed by atoms with Crippen LogP contribution in [0.5, 0.6) is 0 Å². The number of nitrogens with one attached hydrogen (secondary N) is 5. The molecule has 0 radical (unpaired) electrons. The van der Waals surface area contributed by atoms with Gasteiger partial charge in [-0.15, -0.1) is 23.4 Å². The van der Waals surface area contributed by atoms with E-state index in [2.05, 4.69) is 46.5 Å². The van der Waals surface area contributed by atoms with Crippen LogP contribution in [0.15, 0.2) is 0 Å². The van der Waals surface area contributed by atoms with Crippen molar-refractivity contribution in [2.24, 2.45) is 29.6 Å². The normalized spacial score (nSPS) is 45.3. The Kier molecular flexibility index (Phi) is 9.09. The van der Waals surface area contributed by atoms with Gasteiger partial charge in [0, 0.05) is 57.2 Å². The first-order valence-electron chi connectivity index (χ1n) is 14.0. The number of halogens is 1. The van der Waals surface area contributed by atoms with Crippen molar-refractivity contribution >= 4 is 35.2 Å². The number of amides is 2. The van der Waals surface area contributed by atoms with Gasteiger partial charge in [0.1, 0.15) is 5.50 Å². The van der Waals surface area contributed by atoms with Crippen molar-refractivity contribution < 1.29 is 14.3 Å². The van der Waals surface area contributed by atoms with Crippen molar-refractivity contribution in [3.8, 4) is 6.07 Å². The van der Waals surface area contributed by atoms with Crippen molar-refractivity contribution in [3.63, 3.8) is 0 Å². The fourth-order valence-electron chi connectivity index (χ4n) is 7.12. The highest BCUT2D eigenvalue weighted by Gasteiger charge is 2.47. The Bertz CT molecular complexity index is 910. The molecule has 5 aliphatic heterocycles. The average molecular weight is 568 g/mol. The summed E-state index contributed by atoms with van der Waals surface area (Å²) in [5.74, 6) is 0.657. The van der Waals surface area contributed by atoms with Crippen LogP contribution in [0.2, 0.25) is 0 Å². The third-order valence-electron chi connectivity index (χ3n) is 9.39. The highest BCUT2D eigenvalue weighted by Crippen LogP contribution is 2.38. The van der Waals surface area contributed by atoms with E-state index in [-0.39, 0.29) is 75.8 Å². The molecule has 2 amide bonds. The van der Waals surface area contributed by atoms with Crippen LogP contribution in [0.4, 0.5) is 0 Å². The monoisotopic (exact) mass is 567 g/mol. The molecule has 5 aliphatic rings. The number of thioether (sulfide) groups is 1. The van der Waals surface area contributed by atoms with E-state index in [1.54, 1.807) is 18.9 Å². The average Bonchev–Trinajstić information content (AvgIpc) is 3.46. The molecule has 0 aromatic rings. The van der Waals surface area contributed by atoms with E-state index in [0.29, 0.717) is 45.2 Å². The number of nitriles is 1. The molecule has 5 saturated heterocycles. The molecule has 0 aromatic carbocycles. The molecular formula is C26H42ClN7O3S. The smallest absolute Gasteiger partial charge is 0.239 e. The largest absolute Gasteiger partial charge is 0.380 e. The summed E-state index contributed by atoms with van der Waals surface area (Å²) < 4.78 is 5.80. The van der Waals surface area contributed by atoms with Gasteiger partial charge in [-0.1, -0.05) is 6.92 Å². The molecule has 0 saturated carbocycles. The zero-order valence-corrected chi connectivity index (χ0v) is 24.1. The zero-order valence-electron chi connectivity index (χ0n) is 22.5. The number of hydrogen-bond donors (Lipinski definition) is 5. The fourth-order valence-corrected chi connectivity index (χ4v) is 8.82. The summed E-state index contributed by atoms with van der Waals surface area (Å²) in [4.78, 5) is 28.7. The summed E-state index contributed by atoms with van der Waals surface area (Å²) in [6, 6.07) is 2.62. The minimum atomic E-state index is -0.217. The van der Waals surface area contributed by atoms with Crippen LogP contribution < -0.4 is 26.6 Å². The number of carbonyl (C=O) groups is 2. The van der Waals surface area contributed by atoms with E-state index in [1.165, 1.54) is 0 Å². The molecule has 0 bridgehead atoms. The number of fused-ring (bicyclic) bond motifs is 1. The van der Waals surface area contributed by atoms with Crippen molar-refractivity contribution in [2.75, 3.05) is 39.8 Å². The van der Waals surface area contributed by atoms with Crippen molar-refractivity contribution in [1.82, 2.24) is 31.5 Å². The maximum absolute atomic E-state index is 13.6. The van der Waals surface area contributed by atoms with E-state index in [9.17, 15) is 14.9 Å². The molecule has 10 nitrogen and oxygen atoms in total. The van der Waals surface area contributed by atoms with Gasteiger partial charge in [-0.05, 0) is 43.9 Å². The van der Waals surface area contributed by atoms with Gasteiger partial charge >= 0.3 is 0 Å². The number of nitrogens with zero attached hydrogens (tertiary/aromatic N) is 2. The number of methoxy groups -OCH3 is 1. The maximum atomic E-state index is 13.6. The molecule has 212 valence electrons. The predicted octanol–water partition coefficient (Wildman–Crippen LogP) is 0.243. The Balaban J connectivity index is 1.15. The van der Waals surface area contributed by atoms with Crippen LogP contribution in [0.1, 0.15) is 33.1 Å². The Labute approximate surface area is 235 Å². The number of piperidine rings is 3. The Morgan fingerprint density at radius 2 is 1.89 bits per heavy atom. The summed E-state index contributed by atoms with van der Waals surface area (Å²) in [7, 11) is 1.74. The van der Waals surface area contributed by atoms with Gasteiger partial charge in [0.2, 0.25) is 11.8 Å². The fraction of sp³-hybridized carbons (Fsp3) is 0.885. The van der Waals surface area contributed by atoms with Gasteiger partial charge in [0.05, 0.1) is 35.6 Å². The van der Waals surface area contributed by atoms with Crippen molar-refractivity contribution in [1.29, 1.82) is 5.26 Å². The number of likely N-dealkylation sites (tertiary alicyclic amines) is 1. The topological polar surface area (TPSA) is 131 Å². The molecule has 5 rings (SSSR count). The molecule has 5 fully saturated rings. The second kappa shape index (κ2) is 12.2. The van der Waals surface area contributed by atoms with Gasteiger partial charge in [0.25, 0.3) is 0 Å². The SMILES string of the molecule is COC1CNC(Cl)CC1C1CC(C)NCC1C(=O)NC1NC2CN(C(=O)C3CC(C)C(C#N)CN3)CC2S1. The molecule has 12 atom stereocenters. The van der Waals surface area contributed by atoms with Crippen LogP contribution in [-0.4, -0.2) is 97.0 Å². The van der Waals surface area contributed by atoms with Crippen LogP contribution >= 0.6 is 23.4 Å². The predicted molar refractivity (Wildman–Crippen MR) is 147 cm³/mol. The number of carbonyl (C=O) groups excluding carboxylic acids is 2. The van der Waals surface area contributed by atoms with E-state index in [0.717, 1.165) is 12.8 Å². The molecule has 0 aliphatic carbocycles. The molecule has 5 heterocycles. The first kappa shape index (κ1) is 28.4. The zero-order chi connectivity index (χ0) is 27.0. The lowest BCUT2D eigenvalue weighted by Gasteiger charge is -2.45. The van der Waals surface area contributed by atoms with Crippen LogP contribution in [-0.2, 0) is 14.3 Å². The van der Waals surface area contributed by atoms with E-state index in [4.69, 9.17) is 16.3 Å². The summed E-state index contributed by atoms with van der Waals surface area (Å²) in [6.07, 6.45) is 2.45. The van der Waals surface area contributed by atoms with Gasteiger partial charge in [-0.2, -0.15) is 5.26 Å². The van der Waals surface area contributed by atoms with Gasteiger partial charge in [0.15, 0.2) is 0 Å². The first-order chi connectivity index (χ1) is 18.3. The highest BCUT2D eigenvalue weighted by molar-refractivity contribution is 8.00. The molecule has 5 N–H and O–H groups in total. The Morgan fingerprint density at radius 3 is 2.61 bits per heavy atom. The third-order valence-corrected chi connectivity index (χ3v) is 11.1. The first-order valence-corrected chi connectivity index (χ1v) is 15.4. The lowest BCUT2D eigenvalue weighted by Crippen LogP contribution is -2.57. The van der Waals surface area contributed by atoms with Crippen molar-refractivity contribution in [2.45, 2.75) is 73.6 Å². The summed E-state index contributed by atoms with van der Waals surface area (Å²) in [5.41, 5.74) is -0.261. The van der Waals surface area contributed by atoms with Gasteiger partial charge < -0.3 is 25.6 Å². The van der Waals surface area contributed by atoms with E-state index < -0.39 is 0 Å². The Morgan fingerprint density at radius 1 is 1.08 bits per heavy atom. The minimum absolute atomic E-state index is 0.0349. The third kappa shape index (κ3) is 5.97. The lowest BCUT2D eigenvalue weighted by atomic mass is 9.70. The molecule has 0 spiro atoms. The molecular weight excluding hydrogens is 526 g/mol. The molecule has 38 heavy (non-hydrogen) atoms. The van der Waals surface area contributed by atoms with Gasteiger partial charge in [-0.3, -0.25) is 20.2 Å². The highest BCUT2D eigenvalue weighted by atomic mass is 35.5. The van der Waals surface area contributed by atoms with Crippen LogP contribution in [0, 0.1) is 40.9 Å². The van der Waals surface area contributed by atoms with Crippen LogP contribution in [0.25, 0.3) is 0 Å². The molecule has 12 unspecified atom stereocenters. The summed E-state index contributed by atoms with van der Waals surface area (Å²) >= 11 is 8.18. The van der Waals surface area contributed by atoms with E-state index >= 15 is 0 Å². The summed E-state index contributed by atoms with van der Waals surface area (Å²) in [5, 5.41) is 26.4. The quantitative estimate of drug-likeness (QED) is 0.234. The summed E-state index contributed by atoms with van der Waals surface area (Å²) in [6.45, 7) is 7.47. The Hall–Kier alpha value is -1.13.